The Morgan fingerprint density at radius 3 is 2.78 bits per heavy atom. The highest BCUT2D eigenvalue weighted by molar-refractivity contribution is 4.98. The van der Waals surface area contributed by atoms with Crippen molar-refractivity contribution in [3.63, 3.8) is 0 Å². The predicted molar refractivity (Wildman–Crippen MR) is 73.8 cm³/mol. The second-order valence-corrected chi connectivity index (χ2v) is 6.53. The zero-order valence-electron chi connectivity index (χ0n) is 11.8. The van der Waals surface area contributed by atoms with Gasteiger partial charge in [0.25, 0.3) is 0 Å². The number of hydrogen-bond donors (Lipinski definition) is 1. The number of ether oxygens (including phenoxy) is 1. The van der Waals surface area contributed by atoms with Gasteiger partial charge in [-0.25, -0.2) is 0 Å². The van der Waals surface area contributed by atoms with E-state index in [1.165, 1.54) is 64.6 Å². The Morgan fingerprint density at radius 1 is 1.22 bits per heavy atom. The summed E-state index contributed by atoms with van der Waals surface area (Å²) in [4.78, 5) is 2.71. The van der Waals surface area contributed by atoms with Crippen LogP contribution >= 0.6 is 0 Å². The van der Waals surface area contributed by atoms with E-state index in [9.17, 15) is 0 Å². The summed E-state index contributed by atoms with van der Waals surface area (Å²) in [6.07, 6.45) is 9.87. The molecule has 18 heavy (non-hydrogen) atoms. The second kappa shape index (κ2) is 5.48. The van der Waals surface area contributed by atoms with Crippen LogP contribution < -0.4 is 5.32 Å². The van der Waals surface area contributed by atoms with Crippen LogP contribution in [0.2, 0.25) is 0 Å². The molecule has 0 amide bonds. The lowest BCUT2D eigenvalue weighted by molar-refractivity contribution is 0.0244. The minimum absolute atomic E-state index is 0.434. The molecule has 0 aromatic rings. The standard InChI is InChI=1S/C15H28N2O/c1-13(14-6-4-11-18-14)17-10-5-9-16-15(12-17)7-2-3-8-15/h13-14,16H,2-12H2,1H3. The van der Waals surface area contributed by atoms with Crippen molar-refractivity contribution in [2.45, 2.75) is 69.6 Å². The highest BCUT2D eigenvalue weighted by Crippen LogP contribution is 2.33. The van der Waals surface area contributed by atoms with Crippen molar-refractivity contribution in [1.82, 2.24) is 10.2 Å². The molecule has 2 aliphatic heterocycles. The number of nitrogens with one attached hydrogen (secondary N) is 1. The Balaban J connectivity index is 1.66. The van der Waals surface area contributed by atoms with Crippen LogP contribution in [0.15, 0.2) is 0 Å². The van der Waals surface area contributed by atoms with Crippen LogP contribution in [0.3, 0.4) is 0 Å². The number of hydrogen-bond acceptors (Lipinski definition) is 3. The molecule has 3 heteroatoms. The summed E-state index contributed by atoms with van der Waals surface area (Å²) in [5.41, 5.74) is 0.434. The van der Waals surface area contributed by atoms with Gasteiger partial charge in [-0.3, -0.25) is 4.90 Å². The van der Waals surface area contributed by atoms with Gasteiger partial charge in [0.2, 0.25) is 0 Å². The van der Waals surface area contributed by atoms with E-state index in [1.54, 1.807) is 0 Å². The number of nitrogens with zero attached hydrogens (tertiary/aromatic N) is 1. The SMILES string of the molecule is CC(C1CCCO1)N1CCCNC2(CCCC2)C1. The van der Waals surface area contributed by atoms with Crippen molar-refractivity contribution < 1.29 is 4.74 Å². The van der Waals surface area contributed by atoms with Gasteiger partial charge in [-0.15, -0.1) is 0 Å². The van der Waals surface area contributed by atoms with Gasteiger partial charge in [0, 0.05) is 24.7 Å². The van der Waals surface area contributed by atoms with Gasteiger partial charge in [-0.2, -0.15) is 0 Å². The third-order valence-corrected chi connectivity index (χ3v) is 5.27. The molecule has 0 radical (unpaired) electrons. The molecule has 2 unspecified atom stereocenters. The third-order valence-electron chi connectivity index (χ3n) is 5.27. The molecule has 0 aromatic carbocycles. The lowest BCUT2D eigenvalue weighted by atomic mass is 9.96. The molecular formula is C15H28N2O. The fourth-order valence-electron chi connectivity index (χ4n) is 4.11. The van der Waals surface area contributed by atoms with Crippen molar-refractivity contribution in [1.29, 1.82) is 0 Å². The van der Waals surface area contributed by atoms with Crippen LogP contribution in [0.1, 0.15) is 51.9 Å². The quantitative estimate of drug-likeness (QED) is 0.815. The first-order valence-corrected chi connectivity index (χ1v) is 7.90. The highest BCUT2D eigenvalue weighted by atomic mass is 16.5. The van der Waals surface area contributed by atoms with E-state index < -0.39 is 0 Å². The van der Waals surface area contributed by atoms with Crippen molar-refractivity contribution in [3.8, 4) is 0 Å². The number of rotatable bonds is 2. The fraction of sp³-hybridized carbons (Fsp3) is 1.00. The molecular weight excluding hydrogens is 224 g/mol. The van der Waals surface area contributed by atoms with Gasteiger partial charge < -0.3 is 10.1 Å². The van der Waals surface area contributed by atoms with Crippen LogP contribution in [0.5, 0.6) is 0 Å². The van der Waals surface area contributed by atoms with E-state index in [0.717, 1.165) is 6.61 Å². The average Bonchev–Trinajstić information content (AvgIpc) is 2.99. The van der Waals surface area contributed by atoms with Crippen molar-refractivity contribution >= 4 is 0 Å². The summed E-state index contributed by atoms with van der Waals surface area (Å²) in [6.45, 7) is 7.05. The molecule has 104 valence electrons. The first-order chi connectivity index (χ1) is 8.79. The van der Waals surface area contributed by atoms with E-state index in [4.69, 9.17) is 4.74 Å². The van der Waals surface area contributed by atoms with E-state index in [2.05, 4.69) is 17.1 Å². The summed E-state index contributed by atoms with van der Waals surface area (Å²) >= 11 is 0. The zero-order valence-corrected chi connectivity index (χ0v) is 11.8. The summed E-state index contributed by atoms with van der Waals surface area (Å²) in [6, 6.07) is 0.602. The third kappa shape index (κ3) is 2.59. The first kappa shape index (κ1) is 12.9. The molecule has 3 aliphatic rings. The molecule has 0 bridgehead atoms. The highest BCUT2D eigenvalue weighted by Gasteiger charge is 2.39. The smallest absolute Gasteiger partial charge is 0.0728 e. The Labute approximate surface area is 111 Å². The second-order valence-electron chi connectivity index (χ2n) is 6.53. The van der Waals surface area contributed by atoms with E-state index in [-0.39, 0.29) is 0 Å². The Kier molecular flexibility index (Phi) is 3.92. The molecule has 3 nitrogen and oxygen atoms in total. The van der Waals surface area contributed by atoms with E-state index >= 15 is 0 Å². The van der Waals surface area contributed by atoms with Gasteiger partial charge in [0.15, 0.2) is 0 Å². The molecule has 1 saturated carbocycles. The van der Waals surface area contributed by atoms with E-state index in [0.29, 0.717) is 17.7 Å². The average molecular weight is 252 g/mol. The maximum Gasteiger partial charge on any atom is 0.0728 e. The van der Waals surface area contributed by atoms with Crippen molar-refractivity contribution in [2.75, 3.05) is 26.2 Å². The maximum atomic E-state index is 5.90. The van der Waals surface area contributed by atoms with Crippen LogP contribution in [-0.4, -0.2) is 48.8 Å². The zero-order chi connectivity index (χ0) is 12.4. The van der Waals surface area contributed by atoms with Crippen LogP contribution in [0.4, 0.5) is 0 Å². The predicted octanol–water partition coefficient (Wildman–Crippen LogP) is 2.16. The van der Waals surface area contributed by atoms with Crippen LogP contribution in [0.25, 0.3) is 0 Å². The Bertz CT molecular complexity index is 270. The Hall–Kier alpha value is -0.120. The fourth-order valence-corrected chi connectivity index (χ4v) is 4.11. The molecule has 3 fully saturated rings. The van der Waals surface area contributed by atoms with Gasteiger partial charge in [0.1, 0.15) is 0 Å². The van der Waals surface area contributed by atoms with Gasteiger partial charge in [0.05, 0.1) is 6.10 Å². The lowest BCUT2D eigenvalue weighted by Gasteiger charge is -2.38. The van der Waals surface area contributed by atoms with E-state index in [1.807, 2.05) is 0 Å². The van der Waals surface area contributed by atoms with Gasteiger partial charge in [-0.05, 0) is 52.1 Å². The topological polar surface area (TPSA) is 24.5 Å². The van der Waals surface area contributed by atoms with Crippen LogP contribution in [-0.2, 0) is 4.74 Å². The maximum absolute atomic E-state index is 5.90. The molecule has 1 N–H and O–H groups in total. The molecule has 0 aromatic heterocycles. The van der Waals surface area contributed by atoms with Gasteiger partial charge in [-0.1, -0.05) is 12.8 Å². The molecule has 2 heterocycles. The molecule has 3 rings (SSSR count). The van der Waals surface area contributed by atoms with Gasteiger partial charge >= 0.3 is 0 Å². The lowest BCUT2D eigenvalue weighted by Crippen LogP contribution is -2.53. The first-order valence-electron chi connectivity index (χ1n) is 7.90. The minimum atomic E-state index is 0.434. The minimum Gasteiger partial charge on any atom is -0.377 e. The summed E-state index contributed by atoms with van der Waals surface area (Å²) in [5, 5.41) is 3.85. The molecule has 2 saturated heterocycles. The largest absolute Gasteiger partial charge is 0.377 e. The summed E-state index contributed by atoms with van der Waals surface area (Å²) < 4.78 is 5.90. The molecule has 1 spiro atoms. The Morgan fingerprint density at radius 2 is 2.06 bits per heavy atom. The molecule has 1 aliphatic carbocycles. The normalized spacial score (nSPS) is 34.8. The summed E-state index contributed by atoms with van der Waals surface area (Å²) in [5.74, 6) is 0. The monoisotopic (exact) mass is 252 g/mol. The van der Waals surface area contributed by atoms with Crippen LogP contribution in [0, 0.1) is 0 Å². The van der Waals surface area contributed by atoms with Crippen molar-refractivity contribution in [3.05, 3.63) is 0 Å². The van der Waals surface area contributed by atoms with Crippen molar-refractivity contribution in [2.24, 2.45) is 0 Å². The molecule has 2 atom stereocenters. The summed E-state index contributed by atoms with van der Waals surface area (Å²) in [7, 11) is 0.